The minimum atomic E-state index is -0.0676. The Balaban J connectivity index is 2.59. The summed E-state index contributed by atoms with van der Waals surface area (Å²) in [6.45, 7) is 6.98. The monoisotopic (exact) mass is 223 g/mol. The number of rotatable bonds is 6. The van der Waals surface area contributed by atoms with Gasteiger partial charge in [-0.15, -0.1) is 0 Å². The number of nitrogens with two attached hydrogens (primary N) is 1. The molecule has 1 heterocycles. The Morgan fingerprint density at radius 1 is 1.56 bits per heavy atom. The predicted octanol–water partition coefficient (Wildman–Crippen LogP) is 1.85. The number of Topliss-reactive ketones (excluding diaryl/α,β-unsaturated/α-hetero) is 1. The minimum absolute atomic E-state index is 0.0676. The van der Waals surface area contributed by atoms with Crippen LogP contribution in [-0.4, -0.2) is 21.6 Å². The van der Waals surface area contributed by atoms with Crippen LogP contribution in [0.1, 0.15) is 44.0 Å². The summed E-state index contributed by atoms with van der Waals surface area (Å²) in [5, 5.41) is 4.13. The molecule has 0 saturated carbocycles. The van der Waals surface area contributed by atoms with E-state index < -0.39 is 0 Å². The van der Waals surface area contributed by atoms with Gasteiger partial charge in [0.15, 0.2) is 5.78 Å². The highest BCUT2D eigenvalue weighted by molar-refractivity contribution is 5.95. The first-order chi connectivity index (χ1) is 7.54. The van der Waals surface area contributed by atoms with Crippen molar-refractivity contribution in [3.63, 3.8) is 0 Å². The van der Waals surface area contributed by atoms with Crippen LogP contribution >= 0.6 is 0 Å². The third kappa shape index (κ3) is 3.45. The first-order valence-corrected chi connectivity index (χ1v) is 5.85. The van der Waals surface area contributed by atoms with Crippen molar-refractivity contribution >= 4 is 5.78 Å². The number of nitrogens with zero attached hydrogens (tertiary/aromatic N) is 2. The van der Waals surface area contributed by atoms with Gasteiger partial charge in [0.2, 0.25) is 0 Å². The summed E-state index contributed by atoms with van der Waals surface area (Å²) in [6, 6.07) is -0.0676. The van der Waals surface area contributed by atoms with E-state index in [2.05, 4.69) is 12.0 Å². The van der Waals surface area contributed by atoms with Gasteiger partial charge in [0.05, 0.1) is 11.8 Å². The number of carbonyl (C=O) groups excluding carboxylic acids is 1. The average molecular weight is 223 g/mol. The highest BCUT2D eigenvalue weighted by Crippen LogP contribution is 2.09. The van der Waals surface area contributed by atoms with E-state index in [0.29, 0.717) is 17.9 Å². The molecule has 1 rings (SSSR count). The maximum absolute atomic E-state index is 11.8. The zero-order valence-corrected chi connectivity index (χ0v) is 10.3. The van der Waals surface area contributed by atoms with E-state index in [9.17, 15) is 4.79 Å². The third-order valence-corrected chi connectivity index (χ3v) is 2.69. The maximum atomic E-state index is 11.8. The fraction of sp³-hybridized carbons (Fsp3) is 0.667. The van der Waals surface area contributed by atoms with Crippen LogP contribution in [0.15, 0.2) is 12.4 Å². The summed E-state index contributed by atoms with van der Waals surface area (Å²) in [5.41, 5.74) is 6.54. The van der Waals surface area contributed by atoms with E-state index >= 15 is 0 Å². The van der Waals surface area contributed by atoms with Crippen molar-refractivity contribution in [1.29, 1.82) is 0 Å². The second-order valence-corrected chi connectivity index (χ2v) is 4.53. The lowest BCUT2D eigenvalue weighted by atomic mass is 9.98. The van der Waals surface area contributed by atoms with E-state index in [1.807, 2.05) is 13.8 Å². The molecule has 0 fully saturated rings. The lowest BCUT2D eigenvalue weighted by molar-refractivity contribution is 0.0967. The number of hydrogen-bond donors (Lipinski definition) is 1. The van der Waals surface area contributed by atoms with Crippen LogP contribution in [0.4, 0.5) is 0 Å². The SMILES string of the molecule is CCCn1cc(C(=O)CC(N)C(C)C)cn1. The molecule has 1 unspecified atom stereocenters. The molecule has 0 aromatic carbocycles. The Labute approximate surface area is 96.8 Å². The molecule has 2 N–H and O–H groups in total. The molecule has 0 radical (unpaired) electrons. The number of hydrogen-bond acceptors (Lipinski definition) is 3. The van der Waals surface area contributed by atoms with Crippen LogP contribution in [-0.2, 0) is 6.54 Å². The van der Waals surface area contributed by atoms with Crippen LogP contribution < -0.4 is 5.73 Å². The van der Waals surface area contributed by atoms with Gasteiger partial charge in [-0.1, -0.05) is 20.8 Å². The van der Waals surface area contributed by atoms with Crippen LogP contribution in [0.2, 0.25) is 0 Å². The number of ketones is 1. The predicted molar refractivity (Wildman–Crippen MR) is 64.3 cm³/mol. The quantitative estimate of drug-likeness (QED) is 0.749. The van der Waals surface area contributed by atoms with Crippen molar-refractivity contribution in [1.82, 2.24) is 9.78 Å². The summed E-state index contributed by atoms with van der Waals surface area (Å²) < 4.78 is 1.80. The molecule has 16 heavy (non-hydrogen) atoms. The maximum Gasteiger partial charge on any atom is 0.167 e. The highest BCUT2D eigenvalue weighted by Gasteiger charge is 2.15. The van der Waals surface area contributed by atoms with Crippen molar-refractivity contribution in [2.45, 2.75) is 46.2 Å². The molecule has 1 atom stereocenters. The van der Waals surface area contributed by atoms with Crippen molar-refractivity contribution in [2.24, 2.45) is 11.7 Å². The van der Waals surface area contributed by atoms with Crippen molar-refractivity contribution in [3.05, 3.63) is 18.0 Å². The van der Waals surface area contributed by atoms with Crippen molar-refractivity contribution in [3.8, 4) is 0 Å². The van der Waals surface area contributed by atoms with Gasteiger partial charge in [0.1, 0.15) is 0 Å². The van der Waals surface area contributed by atoms with Crippen LogP contribution in [0, 0.1) is 5.92 Å². The van der Waals surface area contributed by atoms with Crippen molar-refractivity contribution in [2.75, 3.05) is 0 Å². The Morgan fingerprint density at radius 2 is 2.25 bits per heavy atom. The van der Waals surface area contributed by atoms with E-state index in [0.717, 1.165) is 13.0 Å². The standard InChI is InChI=1S/C12H21N3O/c1-4-5-15-8-10(7-14-15)12(16)6-11(13)9(2)3/h7-9,11H,4-6,13H2,1-3H3. The zero-order chi connectivity index (χ0) is 12.1. The average Bonchev–Trinajstić information content (AvgIpc) is 2.66. The van der Waals surface area contributed by atoms with Gasteiger partial charge in [-0.25, -0.2) is 0 Å². The van der Waals surface area contributed by atoms with Crippen LogP contribution in [0.25, 0.3) is 0 Å². The molecule has 0 saturated heterocycles. The molecule has 4 nitrogen and oxygen atoms in total. The molecular weight excluding hydrogens is 202 g/mol. The van der Waals surface area contributed by atoms with Crippen LogP contribution in [0.3, 0.4) is 0 Å². The summed E-state index contributed by atoms with van der Waals surface area (Å²) in [5.74, 6) is 0.415. The molecule has 0 aliphatic carbocycles. The summed E-state index contributed by atoms with van der Waals surface area (Å²) in [4.78, 5) is 11.8. The Kier molecular flexibility index (Phi) is 4.68. The lowest BCUT2D eigenvalue weighted by Crippen LogP contribution is -2.29. The molecule has 4 heteroatoms. The fourth-order valence-corrected chi connectivity index (χ4v) is 1.43. The lowest BCUT2D eigenvalue weighted by Gasteiger charge is -2.13. The number of aromatic nitrogens is 2. The topological polar surface area (TPSA) is 60.9 Å². The number of aryl methyl sites for hydroxylation is 1. The summed E-state index contributed by atoms with van der Waals surface area (Å²) in [7, 11) is 0. The second kappa shape index (κ2) is 5.80. The number of carbonyl (C=O) groups is 1. The van der Waals surface area contributed by atoms with Gasteiger partial charge in [0.25, 0.3) is 0 Å². The molecule has 90 valence electrons. The first-order valence-electron chi connectivity index (χ1n) is 5.85. The van der Waals surface area contributed by atoms with E-state index in [-0.39, 0.29) is 11.8 Å². The molecule has 0 aliphatic rings. The van der Waals surface area contributed by atoms with Gasteiger partial charge in [-0.2, -0.15) is 5.10 Å². The largest absolute Gasteiger partial charge is 0.327 e. The van der Waals surface area contributed by atoms with Crippen LogP contribution in [0.5, 0.6) is 0 Å². The molecule has 1 aromatic heterocycles. The summed E-state index contributed by atoms with van der Waals surface area (Å²) in [6.07, 6.45) is 4.85. The van der Waals surface area contributed by atoms with E-state index in [1.165, 1.54) is 0 Å². The van der Waals surface area contributed by atoms with Crippen molar-refractivity contribution < 1.29 is 4.79 Å². The summed E-state index contributed by atoms with van der Waals surface area (Å²) >= 11 is 0. The zero-order valence-electron chi connectivity index (χ0n) is 10.3. The van der Waals surface area contributed by atoms with E-state index in [4.69, 9.17) is 5.73 Å². The fourth-order valence-electron chi connectivity index (χ4n) is 1.43. The van der Waals surface area contributed by atoms with E-state index in [1.54, 1.807) is 17.1 Å². The Hall–Kier alpha value is -1.16. The molecule has 1 aromatic rings. The molecule has 0 amide bonds. The van der Waals surface area contributed by atoms with Gasteiger partial charge in [-0.05, 0) is 12.3 Å². The molecule has 0 aliphatic heterocycles. The van der Waals surface area contributed by atoms with Gasteiger partial charge in [0, 0.05) is 25.2 Å². The Bertz CT molecular complexity index is 344. The minimum Gasteiger partial charge on any atom is -0.327 e. The molecule has 0 bridgehead atoms. The Morgan fingerprint density at radius 3 is 2.81 bits per heavy atom. The normalized spacial score (nSPS) is 13.1. The third-order valence-electron chi connectivity index (χ3n) is 2.69. The van der Waals surface area contributed by atoms with Gasteiger partial charge < -0.3 is 5.73 Å². The first kappa shape index (κ1) is 12.9. The molecular formula is C12H21N3O. The highest BCUT2D eigenvalue weighted by atomic mass is 16.1. The smallest absolute Gasteiger partial charge is 0.167 e. The molecule has 0 spiro atoms. The van der Waals surface area contributed by atoms with Gasteiger partial charge in [-0.3, -0.25) is 9.48 Å². The second-order valence-electron chi connectivity index (χ2n) is 4.53. The van der Waals surface area contributed by atoms with Gasteiger partial charge >= 0.3 is 0 Å².